The van der Waals surface area contributed by atoms with Gasteiger partial charge in [0.05, 0.1) is 12.7 Å². The lowest BCUT2D eigenvalue weighted by molar-refractivity contribution is 0.0951. The fraction of sp³-hybridized carbons (Fsp3) is 0.364. The number of carbonyl (C=O) groups excluding carboxylic acids is 1. The molecule has 0 heterocycles. The summed E-state index contributed by atoms with van der Waals surface area (Å²) in [6, 6.07) is 4.80. The smallest absolute Gasteiger partial charge is 0.255 e. The van der Waals surface area contributed by atoms with E-state index >= 15 is 0 Å². The van der Waals surface area contributed by atoms with E-state index in [4.69, 9.17) is 4.74 Å². The van der Waals surface area contributed by atoms with Crippen LogP contribution in [-0.4, -0.2) is 29.5 Å². The maximum absolute atomic E-state index is 11.7. The Morgan fingerprint density at radius 1 is 1.62 bits per heavy atom. The number of halogens is 1. The molecule has 0 saturated heterocycles. The van der Waals surface area contributed by atoms with E-state index < -0.39 is 0 Å². The van der Waals surface area contributed by atoms with Crippen molar-refractivity contribution in [2.45, 2.75) is 11.8 Å². The Morgan fingerprint density at radius 2 is 2.31 bits per heavy atom. The number of alkyl halides is 1. The predicted octanol–water partition coefficient (Wildman–Crippen LogP) is 1.91. The van der Waals surface area contributed by atoms with E-state index in [1.165, 1.54) is 7.11 Å². The molecule has 0 bridgehead atoms. The van der Waals surface area contributed by atoms with Gasteiger partial charge in [-0.2, -0.15) is 0 Å². The first kappa shape index (κ1) is 12.8. The molecule has 0 aliphatic heterocycles. The zero-order chi connectivity index (χ0) is 12.1. The molecule has 1 aromatic carbocycles. The van der Waals surface area contributed by atoms with E-state index in [-0.39, 0.29) is 22.0 Å². The highest BCUT2D eigenvalue weighted by atomic mass is 79.9. The van der Waals surface area contributed by atoms with Gasteiger partial charge < -0.3 is 15.2 Å². The molecule has 16 heavy (non-hydrogen) atoms. The number of rotatable bonds is 4. The number of amides is 1. The average Bonchev–Trinajstić information content (AvgIpc) is 2.26. The number of carbonyl (C=O) groups is 1. The van der Waals surface area contributed by atoms with Gasteiger partial charge in [0.15, 0.2) is 11.5 Å². The van der Waals surface area contributed by atoms with Crippen LogP contribution in [0.4, 0.5) is 0 Å². The van der Waals surface area contributed by atoms with Crippen LogP contribution in [0, 0.1) is 0 Å². The van der Waals surface area contributed by atoms with Gasteiger partial charge in [0.2, 0.25) is 0 Å². The van der Waals surface area contributed by atoms with Crippen molar-refractivity contribution in [2.24, 2.45) is 0 Å². The van der Waals surface area contributed by atoms with E-state index in [0.29, 0.717) is 12.3 Å². The minimum Gasteiger partial charge on any atom is -0.504 e. The molecular weight excluding hydrogens is 274 g/mol. The number of phenols is 1. The Balaban J connectivity index is 2.83. The number of aromatic hydroxyl groups is 1. The third-order valence-electron chi connectivity index (χ3n) is 2.01. The molecule has 0 saturated carbocycles. The number of hydrogen-bond donors (Lipinski definition) is 2. The number of hydrogen-bond acceptors (Lipinski definition) is 3. The van der Waals surface area contributed by atoms with Crippen molar-refractivity contribution < 1.29 is 14.6 Å². The van der Waals surface area contributed by atoms with Crippen molar-refractivity contribution in [1.29, 1.82) is 0 Å². The maximum Gasteiger partial charge on any atom is 0.255 e. The predicted molar refractivity (Wildman–Crippen MR) is 65.4 cm³/mol. The molecular formula is C11H14BrNO3. The normalized spacial score (nSPS) is 11.9. The van der Waals surface area contributed by atoms with Gasteiger partial charge in [0.25, 0.3) is 5.91 Å². The summed E-state index contributed by atoms with van der Waals surface area (Å²) in [7, 11) is 1.44. The Labute approximate surface area is 103 Å². The highest BCUT2D eigenvalue weighted by Gasteiger charge is 2.14. The molecule has 0 fully saturated rings. The first-order chi connectivity index (χ1) is 7.56. The Kier molecular flexibility index (Phi) is 4.61. The quantitative estimate of drug-likeness (QED) is 0.832. The molecule has 1 unspecified atom stereocenters. The van der Waals surface area contributed by atoms with Crippen molar-refractivity contribution in [1.82, 2.24) is 5.32 Å². The molecule has 4 nitrogen and oxygen atoms in total. The zero-order valence-corrected chi connectivity index (χ0v) is 10.7. The van der Waals surface area contributed by atoms with Crippen molar-refractivity contribution in [3.05, 3.63) is 23.8 Å². The number of nitrogens with one attached hydrogen (secondary N) is 1. The SMILES string of the molecule is COc1cccc(C(=O)NCC(C)Br)c1O. The molecule has 1 aromatic rings. The fourth-order valence-corrected chi connectivity index (χ4v) is 1.36. The summed E-state index contributed by atoms with van der Waals surface area (Å²) in [5, 5.41) is 12.4. The lowest BCUT2D eigenvalue weighted by Gasteiger charge is -2.10. The Bertz CT molecular complexity index is 379. The molecule has 0 aliphatic rings. The molecule has 5 heteroatoms. The molecule has 0 radical (unpaired) electrons. The van der Waals surface area contributed by atoms with E-state index in [1.807, 2.05) is 6.92 Å². The van der Waals surface area contributed by atoms with Crippen LogP contribution in [0.3, 0.4) is 0 Å². The summed E-state index contributed by atoms with van der Waals surface area (Å²) in [6.07, 6.45) is 0. The second-order valence-corrected chi connectivity index (χ2v) is 4.91. The van der Waals surface area contributed by atoms with Crippen molar-refractivity contribution in [3.8, 4) is 11.5 Å². The third kappa shape index (κ3) is 3.13. The van der Waals surface area contributed by atoms with Crippen LogP contribution in [0.15, 0.2) is 18.2 Å². The Hall–Kier alpha value is -1.23. The van der Waals surface area contributed by atoms with Crippen molar-refractivity contribution >= 4 is 21.8 Å². The summed E-state index contributed by atoms with van der Waals surface area (Å²) >= 11 is 3.32. The Morgan fingerprint density at radius 3 is 2.88 bits per heavy atom. The standard InChI is InChI=1S/C11H14BrNO3/c1-7(12)6-13-11(15)8-4-3-5-9(16-2)10(8)14/h3-5,7,14H,6H2,1-2H3,(H,13,15). The molecule has 1 rings (SSSR count). The van der Waals surface area contributed by atoms with Gasteiger partial charge in [0, 0.05) is 11.4 Å². The van der Waals surface area contributed by atoms with Crippen LogP contribution in [-0.2, 0) is 0 Å². The number of benzene rings is 1. The van der Waals surface area contributed by atoms with Gasteiger partial charge in [-0.15, -0.1) is 0 Å². The van der Waals surface area contributed by atoms with Crippen LogP contribution >= 0.6 is 15.9 Å². The number of ether oxygens (including phenoxy) is 1. The lowest BCUT2D eigenvalue weighted by atomic mass is 10.1. The lowest BCUT2D eigenvalue weighted by Crippen LogP contribution is -2.28. The second kappa shape index (κ2) is 5.75. The molecule has 0 spiro atoms. The first-order valence-electron chi connectivity index (χ1n) is 4.84. The van der Waals surface area contributed by atoms with Gasteiger partial charge in [0.1, 0.15) is 0 Å². The highest BCUT2D eigenvalue weighted by Crippen LogP contribution is 2.29. The van der Waals surface area contributed by atoms with E-state index in [0.717, 1.165) is 0 Å². The first-order valence-corrected chi connectivity index (χ1v) is 5.76. The highest BCUT2D eigenvalue weighted by molar-refractivity contribution is 9.09. The van der Waals surface area contributed by atoms with Gasteiger partial charge in [-0.1, -0.05) is 28.9 Å². The number of methoxy groups -OCH3 is 1. The largest absolute Gasteiger partial charge is 0.504 e. The topological polar surface area (TPSA) is 58.6 Å². The molecule has 2 N–H and O–H groups in total. The van der Waals surface area contributed by atoms with Crippen LogP contribution in [0.5, 0.6) is 11.5 Å². The molecule has 0 aliphatic carbocycles. The molecule has 88 valence electrons. The minimum absolute atomic E-state index is 0.135. The van der Waals surface area contributed by atoms with Crippen molar-refractivity contribution in [3.63, 3.8) is 0 Å². The summed E-state index contributed by atoms with van der Waals surface area (Å²) in [6.45, 7) is 2.42. The minimum atomic E-state index is -0.317. The molecule has 1 atom stereocenters. The zero-order valence-electron chi connectivity index (χ0n) is 9.16. The molecule has 1 amide bonds. The van der Waals surface area contributed by atoms with Gasteiger partial charge in [-0.25, -0.2) is 0 Å². The summed E-state index contributed by atoms with van der Waals surface area (Å²) in [5.74, 6) is -0.160. The van der Waals surface area contributed by atoms with E-state index in [9.17, 15) is 9.90 Å². The van der Waals surface area contributed by atoms with Crippen LogP contribution in [0.1, 0.15) is 17.3 Å². The van der Waals surface area contributed by atoms with Crippen LogP contribution in [0.25, 0.3) is 0 Å². The number of phenolic OH excluding ortho intramolecular Hbond substituents is 1. The van der Waals surface area contributed by atoms with E-state index in [2.05, 4.69) is 21.2 Å². The number of para-hydroxylation sites is 1. The summed E-state index contributed by atoms with van der Waals surface area (Å²) < 4.78 is 4.92. The van der Waals surface area contributed by atoms with Crippen molar-refractivity contribution in [2.75, 3.05) is 13.7 Å². The second-order valence-electron chi connectivity index (χ2n) is 3.35. The third-order valence-corrected chi connectivity index (χ3v) is 2.33. The van der Waals surface area contributed by atoms with E-state index in [1.54, 1.807) is 18.2 Å². The van der Waals surface area contributed by atoms with Gasteiger partial charge in [-0.05, 0) is 12.1 Å². The van der Waals surface area contributed by atoms with Gasteiger partial charge in [-0.3, -0.25) is 4.79 Å². The van der Waals surface area contributed by atoms with Gasteiger partial charge >= 0.3 is 0 Å². The monoisotopic (exact) mass is 287 g/mol. The molecule has 0 aromatic heterocycles. The summed E-state index contributed by atoms with van der Waals surface area (Å²) in [5.41, 5.74) is 0.215. The maximum atomic E-state index is 11.7. The van der Waals surface area contributed by atoms with Crippen LogP contribution < -0.4 is 10.1 Å². The average molecular weight is 288 g/mol. The fourth-order valence-electron chi connectivity index (χ4n) is 1.20. The summed E-state index contributed by atoms with van der Waals surface area (Å²) in [4.78, 5) is 11.9. The van der Waals surface area contributed by atoms with Crippen LogP contribution in [0.2, 0.25) is 0 Å².